The van der Waals surface area contributed by atoms with Crippen LogP contribution in [0, 0.1) is 0 Å². The quantitative estimate of drug-likeness (QED) is 0.245. The third-order valence-corrected chi connectivity index (χ3v) is 5.25. The monoisotopic (exact) mass is 464 g/mol. The number of phenols is 3. The van der Waals surface area contributed by atoms with E-state index in [0.717, 1.165) is 24.3 Å². The highest BCUT2D eigenvalue weighted by molar-refractivity contribution is 5.88. The highest BCUT2D eigenvalue weighted by Crippen LogP contribution is 2.39. The SMILES string of the molecule is O=c1c(O)c(-c2ccc(O)c(O[C@H]3O[C@H](CO)[C@@H](O)[C@H](O)[C@H]3O)c2)oc2cc(O)cc(O)c12. The third kappa shape index (κ3) is 3.90. The van der Waals surface area contributed by atoms with E-state index in [1.165, 1.54) is 6.07 Å². The Morgan fingerprint density at radius 2 is 1.64 bits per heavy atom. The van der Waals surface area contributed by atoms with E-state index in [9.17, 15) is 45.6 Å². The van der Waals surface area contributed by atoms with Gasteiger partial charge in [-0.25, -0.2) is 0 Å². The van der Waals surface area contributed by atoms with Crippen molar-refractivity contribution in [2.24, 2.45) is 0 Å². The molecule has 3 aromatic rings. The maximum absolute atomic E-state index is 12.5. The van der Waals surface area contributed by atoms with Gasteiger partial charge in [0.05, 0.1) is 6.61 Å². The minimum Gasteiger partial charge on any atom is -0.508 e. The summed E-state index contributed by atoms with van der Waals surface area (Å²) in [6.07, 6.45) is -7.92. The molecule has 5 atom stereocenters. The number of hydrogen-bond acceptors (Lipinski definition) is 12. The molecule has 12 heteroatoms. The summed E-state index contributed by atoms with van der Waals surface area (Å²) < 4.78 is 16.2. The Morgan fingerprint density at radius 1 is 0.909 bits per heavy atom. The third-order valence-electron chi connectivity index (χ3n) is 5.25. The first-order valence-corrected chi connectivity index (χ1v) is 9.64. The summed E-state index contributed by atoms with van der Waals surface area (Å²) in [7, 11) is 0. The standard InChI is InChI=1S/C21H20O12/c22-6-13-15(26)17(28)19(30)21(33-13)32-11-3-7(1-2-9(11)24)20-18(29)16(27)14-10(25)4-8(23)5-12(14)31-20/h1-5,13,15,17,19,21-26,28-30H,6H2/t13-,15-,17+,19-,21+/m1/s1. The Labute approximate surface area is 184 Å². The van der Waals surface area contributed by atoms with Gasteiger partial charge in [-0.05, 0) is 18.2 Å². The summed E-state index contributed by atoms with van der Waals surface area (Å²) in [6, 6.07) is 5.49. The van der Waals surface area contributed by atoms with Crippen molar-refractivity contribution >= 4 is 11.0 Å². The van der Waals surface area contributed by atoms with Crippen LogP contribution in [0.15, 0.2) is 39.5 Å². The second-order valence-corrected chi connectivity index (χ2v) is 7.44. The molecule has 1 saturated heterocycles. The summed E-state index contributed by atoms with van der Waals surface area (Å²) in [5.41, 5.74) is -1.19. The first-order chi connectivity index (χ1) is 15.6. The maximum atomic E-state index is 12.5. The number of phenolic OH excluding ortho intramolecular Hbond substituents is 3. The minimum atomic E-state index is -1.75. The normalized spacial score (nSPS) is 25.3. The van der Waals surface area contributed by atoms with Crippen LogP contribution in [0.25, 0.3) is 22.3 Å². The van der Waals surface area contributed by atoms with Gasteiger partial charge in [0.1, 0.15) is 46.9 Å². The van der Waals surface area contributed by atoms with Crippen LogP contribution in [-0.4, -0.2) is 78.2 Å². The lowest BCUT2D eigenvalue weighted by molar-refractivity contribution is -0.277. The first-order valence-electron chi connectivity index (χ1n) is 9.64. The van der Waals surface area contributed by atoms with Gasteiger partial charge in [0.15, 0.2) is 17.3 Å². The molecule has 1 fully saturated rings. The van der Waals surface area contributed by atoms with Gasteiger partial charge < -0.3 is 54.7 Å². The van der Waals surface area contributed by atoms with Gasteiger partial charge in [0, 0.05) is 17.7 Å². The van der Waals surface area contributed by atoms with Crippen LogP contribution in [0.5, 0.6) is 28.7 Å². The van der Waals surface area contributed by atoms with Crippen LogP contribution in [0.1, 0.15) is 0 Å². The lowest BCUT2D eigenvalue weighted by Gasteiger charge is -2.39. The van der Waals surface area contributed by atoms with E-state index in [0.29, 0.717) is 0 Å². The lowest BCUT2D eigenvalue weighted by Crippen LogP contribution is -2.60. The number of rotatable bonds is 4. The summed E-state index contributed by atoms with van der Waals surface area (Å²) >= 11 is 0. The zero-order valence-corrected chi connectivity index (χ0v) is 16.7. The molecule has 0 amide bonds. The number of aromatic hydroxyl groups is 4. The van der Waals surface area contributed by atoms with Gasteiger partial charge in [-0.15, -0.1) is 0 Å². The van der Waals surface area contributed by atoms with Crippen molar-refractivity contribution in [3.05, 3.63) is 40.6 Å². The predicted octanol–water partition coefficient (Wildman–Crippen LogP) is -0.539. The number of benzene rings is 2. The molecule has 33 heavy (non-hydrogen) atoms. The fourth-order valence-corrected chi connectivity index (χ4v) is 3.51. The minimum absolute atomic E-state index is 0.0201. The molecule has 0 aliphatic carbocycles. The smallest absolute Gasteiger partial charge is 0.238 e. The predicted molar refractivity (Wildman–Crippen MR) is 109 cm³/mol. The molecule has 0 saturated carbocycles. The van der Waals surface area contributed by atoms with Crippen LogP contribution in [0.3, 0.4) is 0 Å². The van der Waals surface area contributed by atoms with Gasteiger partial charge >= 0.3 is 0 Å². The molecular formula is C21H20O12. The molecule has 4 rings (SSSR count). The largest absolute Gasteiger partial charge is 0.508 e. The molecule has 2 heterocycles. The molecule has 1 aliphatic heterocycles. The summed E-state index contributed by atoms with van der Waals surface area (Å²) in [5, 5.41) is 78.9. The van der Waals surface area contributed by atoms with Crippen LogP contribution in [0.2, 0.25) is 0 Å². The average molecular weight is 464 g/mol. The van der Waals surface area contributed by atoms with Gasteiger partial charge in [0.2, 0.25) is 17.5 Å². The van der Waals surface area contributed by atoms with E-state index >= 15 is 0 Å². The molecule has 8 N–H and O–H groups in total. The van der Waals surface area contributed by atoms with E-state index in [1.807, 2.05) is 0 Å². The highest BCUT2D eigenvalue weighted by Gasteiger charge is 2.45. The Morgan fingerprint density at radius 3 is 2.33 bits per heavy atom. The van der Waals surface area contributed by atoms with Crippen molar-refractivity contribution in [2.45, 2.75) is 30.7 Å². The number of hydrogen-bond donors (Lipinski definition) is 8. The molecule has 0 spiro atoms. The van der Waals surface area contributed by atoms with E-state index in [4.69, 9.17) is 13.9 Å². The second-order valence-electron chi connectivity index (χ2n) is 7.44. The number of aliphatic hydroxyl groups is 4. The van der Waals surface area contributed by atoms with Crippen molar-refractivity contribution in [1.82, 2.24) is 0 Å². The Kier molecular flexibility index (Phi) is 5.78. The molecule has 0 bridgehead atoms. The molecule has 0 unspecified atom stereocenters. The van der Waals surface area contributed by atoms with Crippen molar-refractivity contribution in [3.63, 3.8) is 0 Å². The maximum Gasteiger partial charge on any atom is 0.238 e. The van der Waals surface area contributed by atoms with Crippen LogP contribution in [-0.2, 0) is 4.74 Å². The van der Waals surface area contributed by atoms with E-state index in [1.54, 1.807) is 0 Å². The van der Waals surface area contributed by atoms with Crippen molar-refractivity contribution in [3.8, 4) is 40.1 Å². The summed E-state index contributed by atoms with van der Waals surface area (Å²) in [4.78, 5) is 12.5. The van der Waals surface area contributed by atoms with Gasteiger partial charge in [-0.3, -0.25) is 4.79 Å². The van der Waals surface area contributed by atoms with E-state index < -0.39 is 65.7 Å². The molecule has 1 aliphatic rings. The van der Waals surface area contributed by atoms with Gasteiger partial charge in [-0.1, -0.05) is 0 Å². The fourth-order valence-electron chi connectivity index (χ4n) is 3.51. The Hall–Kier alpha value is -3.55. The van der Waals surface area contributed by atoms with Crippen LogP contribution >= 0.6 is 0 Å². The Bertz CT molecular complexity index is 1250. The lowest BCUT2D eigenvalue weighted by atomic mass is 9.99. The molecule has 2 aromatic carbocycles. The molecule has 0 radical (unpaired) electrons. The fraction of sp³-hybridized carbons (Fsp3) is 0.286. The first kappa shape index (κ1) is 22.6. The van der Waals surface area contributed by atoms with Crippen LogP contribution < -0.4 is 10.2 Å². The van der Waals surface area contributed by atoms with Crippen LogP contribution in [0.4, 0.5) is 0 Å². The zero-order valence-electron chi connectivity index (χ0n) is 16.7. The van der Waals surface area contributed by atoms with E-state index in [-0.39, 0.29) is 28.0 Å². The average Bonchev–Trinajstić information content (AvgIpc) is 2.77. The zero-order chi connectivity index (χ0) is 24.0. The van der Waals surface area contributed by atoms with E-state index in [2.05, 4.69) is 0 Å². The summed E-state index contributed by atoms with van der Waals surface area (Å²) in [6.45, 7) is -0.688. The summed E-state index contributed by atoms with van der Waals surface area (Å²) in [5.74, 6) is -3.01. The topological polar surface area (TPSA) is 211 Å². The molecule has 1 aromatic heterocycles. The highest BCUT2D eigenvalue weighted by atomic mass is 16.7. The molecular weight excluding hydrogens is 444 g/mol. The van der Waals surface area contributed by atoms with Crippen molar-refractivity contribution < 1.29 is 54.7 Å². The Balaban J connectivity index is 1.75. The van der Waals surface area contributed by atoms with Crippen molar-refractivity contribution in [2.75, 3.05) is 6.61 Å². The number of aliphatic hydroxyl groups excluding tert-OH is 4. The van der Waals surface area contributed by atoms with Gasteiger partial charge in [-0.2, -0.15) is 0 Å². The second kappa shape index (κ2) is 8.42. The van der Waals surface area contributed by atoms with Crippen molar-refractivity contribution in [1.29, 1.82) is 0 Å². The van der Waals surface area contributed by atoms with Gasteiger partial charge in [0.25, 0.3) is 0 Å². The molecule has 12 nitrogen and oxygen atoms in total. The number of ether oxygens (including phenoxy) is 2. The molecule has 176 valence electrons. The number of fused-ring (bicyclic) bond motifs is 1.